The molecule has 0 aliphatic carbocycles. The molecule has 0 saturated carbocycles. The zero-order valence-electron chi connectivity index (χ0n) is 18.6. The normalized spacial score (nSPS) is 12.7. The minimum atomic E-state index is -0.899. The number of rotatable bonds is 7. The number of anilines is 1. The molecule has 2 N–H and O–H groups in total. The van der Waals surface area contributed by atoms with E-state index in [1.165, 1.54) is 0 Å². The molecule has 10 heteroatoms. The van der Waals surface area contributed by atoms with Gasteiger partial charge in [-0.2, -0.15) is 0 Å². The average molecular weight is 469 g/mol. The zero-order chi connectivity index (χ0) is 23.2. The van der Waals surface area contributed by atoms with Gasteiger partial charge in [-0.25, -0.2) is 19.6 Å². The molecule has 0 aliphatic rings. The van der Waals surface area contributed by atoms with Crippen molar-refractivity contribution in [1.82, 2.24) is 15.3 Å². The lowest BCUT2D eigenvalue weighted by Crippen LogP contribution is -2.46. The summed E-state index contributed by atoms with van der Waals surface area (Å²) in [6, 6.07) is 2.99. The molecular formula is C21H29ClN4O4S. The van der Waals surface area contributed by atoms with Crippen LogP contribution in [0.15, 0.2) is 23.7 Å². The molecule has 2 aromatic heterocycles. The van der Waals surface area contributed by atoms with Crippen molar-refractivity contribution >= 4 is 40.8 Å². The first-order chi connectivity index (χ1) is 14.3. The van der Waals surface area contributed by atoms with Crippen molar-refractivity contribution < 1.29 is 19.1 Å². The molecule has 2 aromatic rings. The van der Waals surface area contributed by atoms with Crippen LogP contribution in [0.2, 0.25) is 5.28 Å². The van der Waals surface area contributed by atoms with Crippen molar-refractivity contribution in [2.24, 2.45) is 0 Å². The fourth-order valence-corrected chi connectivity index (χ4v) is 3.38. The molecule has 8 nitrogen and oxygen atoms in total. The summed E-state index contributed by atoms with van der Waals surface area (Å²) in [4.78, 5) is 34.2. The average Bonchev–Trinajstić information content (AvgIpc) is 3.12. The van der Waals surface area contributed by atoms with Crippen molar-refractivity contribution in [3.05, 3.63) is 29.0 Å². The number of ether oxygens (including phenoxy) is 2. The highest BCUT2D eigenvalue weighted by molar-refractivity contribution is 7.13. The molecule has 2 rings (SSSR count). The first kappa shape index (κ1) is 24.9. The fourth-order valence-electron chi connectivity index (χ4n) is 2.51. The summed E-state index contributed by atoms with van der Waals surface area (Å²) in [5.74, 6) is 0.00187. The number of carbonyl (C=O) groups excluding carboxylic acids is 2. The Morgan fingerprint density at radius 3 is 2.42 bits per heavy atom. The second-order valence-corrected chi connectivity index (χ2v) is 10.1. The topological polar surface area (TPSA) is 102 Å². The predicted octanol–water partition coefficient (Wildman–Crippen LogP) is 4.90. The van der Waals surface area contributed by atoms with E-state index >= 15 is 0 Å². The number of carbonyl (C=O) groups is 2. The van der Waals surface area contributed by atoms with E-state index in [-0.39, 0.29) is 11.7 Å². The van der Waals surface area contributed by atoms with Gasteiger partial charge in [-0.3, -0.25) is 0 Å². The summed E-state index contributed by atoms with van der Waals surface area (Å²) < 4.78 is 10.7. The van der Waals surface area contributed by atoms with Crippen molar-refractivity contribution in [2.45, 2.75) is 65.2 Å². The highest BCUT2D eigenvalue weighted by Gasteiger charge is 2.28. The van der Waals surface area contributed by atoms with Gasteiger partial charge < -0.3 is 20.1 Å². The Bertz CT molecular complexity index is 892. The Morgan fingerprint density at radius 1 is 1.16 bits per heavy atom. The van der Waals surface area contributed by atoms with E-state index in [2.05, 4.69) is 20.6 Å². The van der Waals surface area contributed by atoms with E-state index in [9.17, 15) is 9.59 Å². The Kier molecular flexibility index (Phi) is 8.25. The van der Waals surface area contributed by atoms with E-state index in [1.54, 1.807) is 59.1 Å². The molecule has 0 radical (unpaired) electrons. The van der Waals surface area contributed by atoms with E-state index in [0.717, 1.165) is 10.4 Å². The van der Waals surface area contributed by atoms with Crippen LogP contribution >= 0.6 is 22.9 Å². The summed E-state index contributed by atoms with van der Waals surface area (Å²) in [5.41, 5.74) is -0.577. The Hall–Kier alpha value is -2.39. The van der Waals surface area contributed by atoms with Crippen molar-refractivity contribution in [2.75, 3.05) is 11.9 Å². The SMILES string of the molecule is CC(C)(C)OC(=O)NC(CCNc1nc(Cl)ncc1-c1cccs1)C(=O)OC(C)(C)C. The van der Waals surface area contributed by atoms with E-state index in [1.807, 2.05) is 17.5 Å². The number of nitrogens with zero attached hydrogens (tertiary/aromatic N) is 2. The van der Waals surface area contributed by atoms with E-state index in [4.69, 9.17) is 21.1 Å². The third kappa shape index (κ3) is 8.70. The van der Waals surface area contributed by atoms with Gasteiger partial charge in [0.15, 0.2) is 0 Å². The molecule has 170 valence electrons. The number of hydrogen-bond acceptors (Lipinski definition) is 8. The van der Waals surface area contributed by atoms with Crippen molar-refractivity contribution in [1.29, 1.82) is 0 Å². The molecule has 0 aromatic carbocycles. The monoisotopic (exact) mass is 468 g/mol. The number of hydrogen-bond donors (Lipinski definition) is 2. The predicted molar refractivity (Wildman–Crippen MR) is 122 cm³/mol. The smallest absolute Gasteiger partial charge is 0.408 e. The van der Waals surface area contributed by atoms with Crippen LogP contribution < -0.4 is 10.6 Å². The number of alkyl carbamates (subject to hydrolysis) is 1. The van der Waals surface area contributed by atoms with E-state index < -0.39 is 29.3 Å². The van der Waals surface area contributed by atoms with Gasteiger partial charge in [0.25, 0.3) is 0 Å². The molecule has 1 amide bonds. The highest BCUT2D eigenvalue weighted by Crippen LogP contribution is 2.30. The molecule has 1 unspecified atom stereocenters. The first-order valence-electron chi connectivity index (χ1n) is 9.87. The Labute approximate surface area is 191 Å². The van der Waals surface area contributed by atoms with Crippen LogP contribution in [0.1, 0.15) is 48.0 Å². The lowest BCUT2D eigenvalue weighted by Gasteiger charge is -2.26. The molecule has 0 fully saturated rings. The van der Waals surface area contributed by atoms with Gasteiger partial charge in [-0.1, -0.05) is 6.07 Å². The van der Waals surface area contributed by atoms with Crippen LogP contribution in [0, 0.1) is 0 Å². The Morgan fingerprint density at radius 2 is 1.84 bits per heavy atom. The summed E-state index contributed by atoms with van der Waals surface area (Å²) in [5, 5.41) is 7.85. The molecule has 0 spiro atoms. The number of amides is 1. The number of esters is 1. The second-order valence-electron chi connectivity index (χ2n) is 8.83. The second kappa shape index (κ2) is 10.3. The maximum Gasteiger partial charge on any atom is 0.408 e. The van der Waals surface area contributed by atoms with Gasteiger partial charge >= 0.3 is 12.1 Å². The molecule has 2 heterocycles. The molecule has 0 aliphatic heterocycles. The summed E-state index contributed by atoms with van der Waals surface area (Å²) in [7, 11) is 0. The van der Waals surface area contributed by atoms with Gasteiger partial charge in [-0.05, 0) is 71.0 Å². The number of halogens is 1. The number of nitrogens with one attached hydrogen (secondary N) is 2. The number of thiophene rings is 1. The largest absolute Gasteiger partial charge is 0.458 e. The van der Waals surface area contributed by atoms with Gasteiger partial charge in [-0.15, -0.1) is 11.3 Å². The van der Waals surface area contributed by atoms with Crippen LogP contribution in [0.5, 0.6) is 0 Å². The third-order valence-corrected chi connectivity index (χ3v) is 4.74. The van der Waals surface area contributed by atoms with Crippen molar-refractivity contribution in [3.8, 4) is 10.4 Å². The van der Waals surface area contributed by atoms with Crippen LogP contribution in [-0.2, 0) is 14.3 Å². The van der Waals surface area contributed by atoms with E-state index in [0.29, 0.717) is 12.4 Å². The fraction of sp³-hybridized carbons (Fsp3) is 0.524. The lowest BCUT2D eigenvalue weighted by atomic mass is 10.1. The molecule has 1 atom stereocenters. The quantitative estimate of drug-likeness (QED) is 0.440. The van der Waals surface area contributed by atoms with Crippen LogP contribution in [0.25, 0.3) is 10.4 Å². The van der Waals surface area contributed by atoms with Gasteiger partial charge in [0.2, 0.25) is 5.28 Å². The van der Waals surface area contributed by atoms with Crippen LogP contribution in [0.3, 0.4) is 0 Å². The minimum Gasteiger partial charge on any atom is -0.458 e. The minimum absolute atomic E-state index is 0.110. The highest BCUT2D eigenvalue weighted by atomic mass is 35.5. The van der Waals surface area contributed by atoms with Gasteiger partial charge in [0.1, 0.15) is 23.1 Å². The Balaban J connectivity index is 2.10. The molecular weight excluding hydrogens is 440 g/mol. The van der Waals surface area contributed by atoms with Crippen molar-refractivity contribution in [3.63, 3.8) is 0 Å². The van der Waals surface area contributed by atoms with Crippen LogP contribution in [0.4, 0.5) is 10.6 Å². The first-order valence-corrected chi connectivity index (χ1v) is 11.1. The summed E-state index contributed by atoms with van der Waals surface area (Å²) in [6.45, 7) is 10.9. The van der Waals surface area contributed by atoms with Gasteiger partial charge in [0.05, 0.1) is 5.56 Å². The third-order valence-electron chi connectivity index (χ3n) is 3.65. The lowest BCUT2D eigenvalue weighted by molar-refractivity contribution is -0.157. The molecule has 31 heavy (non-hydrogen) atoms. The maximum atomic E-state index is 12.6. The molecule has 0 saturated heterocycles. The zero-order valence-corrected chi connectivity index (χ0v) is 20.2. The van der Waals surface area contributed by atoms with Crippen LogP contribution in [-0.4, -0.2) is 45.8 Å². The number of aromatic nitrogens is 2. The van der Waals surface area contributed by atoms with Gasteiger partial charge in [0, 0.05) is 17.6 Å². The summed E-state index contributed by atoms with van der Waals surface area (Å²) >= 11 is 7.52. The standard InChI is InChI=1S/C21H29ClN4O4S/c1-20(2,3)29-17(27)14(25-19(28)30-21(4,5)6)9-10-23-16-13(12-24-18(22)26-16)15-8-7-11-31-15/h7-8,11-12,14H,9-10H2,1-6H3,(H,25,28)(H,23,24,26). The molecule has 0 bridgehead atoms. The maximum absolute atomic E-state index is 12.6. The summed E-state index contributed by atoms with van der Waals surface area (Å²) in [6.07, 6.45) is 1.21.